The van der Waals surface area contributed by atoms with Crippen molar-refractivity contribution in [2.45, 2.75) is 184 Å². The molecule has 0 unspecified atom stereocenters. The number of ether oxygens (including phenoxy) is 12. The van der Waals surface area contributed by atoms with E-state index >= 15 is 0 Å². The van der Waals surface area contributed by atoms with Crippen LogP contribution < -0.4 is 0 Å². The minimum atomic E-state index is -1.84. The molecule has 0 aromatic heterocycles. The molecule has 12 bridgehead atoms. The van der Waals surface area contributed by atoms with E-state index in [0.29, 0.717) is 0 Å². The van der Waals surface area contributed by atoms with Gasteiger partial charge in [0, 0.05) is 0 Å². The molecule has 0 aromatic carbocycles. The summed E-state index contributed by atoms with van der Waals surface area (Å²) in [6.07, 6.45) is -52.7. The second-order valence-corrected chi connectivity index (χ2v) is 17.1. The minimum absolute atomic E-state index is 0.781. The van der Waals surface area contributed by atoms with Crippen molar-refractivity contribution in [1.82, 2.24) is 0 Å². The number of fused-ring (bicyclic) bond motifs is 12. The van der Waals surface area contributed by atoms with Gasteiger partial charge in [-0.3, -0.25) is 0 Å². The molecule has 7 saturated heterocycles. The zero-order valence-electron chi connectivity index (χ0n) is 34.5. The highest BCUT2D eigenvalue weighted by atomic mass is 16.8. The summed E-state index contributed by atoms with van der Waals surface area (Å²) in [4.78, 5) is 0. The van der Waals surface area contributed by atoms with Gasteiger partial charge in [0.2, 0.25) is 0 Å². The fourth-order valence-corrected chi connectivity index (χ4v) is 8.49. The Labute approximate surface area is 372 Å². The Bertz CT molecular complexity index is 1250. The van der Waals surface area contributed by atoms with Gasteiger partial charge >= 0.3 is 0 Å². The maximum atomic E-state index is 10.8. The maximum Gasteiger partial charge on any atom is 0.186 e. The summed E-state index contributed by atoms with van der Waals surface area (Å²) >= 11 is 0. The molecule has 0 amide bonds. The molecule has 0 radical (unpaired) electrons. The minimum Gasteiger partial charge on any atom is -0.388 e. The maximum absolute atomic E-state index is 10.8. The Morgan fingerprint density at radius 1 is 0.182 bits per heavy atom. The number of hydrogen-bond donors (Lipinski definition) is 18. The van der Waals surface area contributed by atoms with E-state index in [-0.39, 0.29) is 0 Å². The highest BCUT2D eigenvalue weighted by Crippen LogP contribution is 2.33. The predicted molar refractivity (Wildman–Crippen MR) is 196 cm³/mol. The Kier molecular flexibility index (Phi) is 17.6. The normalized spacial score (nSPS) is 56.5. The third kappa shape index (κ3) is 10.8. The summed E-state index contributed by atoms with van der Waals surface area (Å²) in [6.45, 7) is -4.69. The number of rotatable bonds is 0. The van der Waals surface area contributed by atoms with Gasteiger partial charge < -0.3 is 149 Å². The van der Waals surface area contributed by atoms with Crippen molar-refractivity contribution in [3.63, 3.8) is 0 Å². The van der Waals surface area contributed by atoms with E-state index in [1.807, 2.05) is 0 Å². The largest absolute Gasteiger partial charge is 0.388 e. The molecule has 30 heteroatoms. The molecule has 7 aliphatic rings. The summed E-state index contributed by atoms with van der Waals surface area (Å²) < 4.78 is 64.8. The Balaban J connectivity index is 1.01. The first kappa shape index (κ1) is 52.6. The van der Waals surface area contributed by atoms with E-state index in [2.05, 4.69) is 0 Å². The Morgan fingerprint density at radius 2 is 0.303 bits per heavy atom. The average molecular weight is 973 g/mol. The molecule has 66 heavy (non-hydrogen) atoms. The monoisotopic (exact) mass is 972 g/mol. The van der Waals surface area contributed by atoms with Crippen LogP contribution in [0, 0.1) is 0 Å². The highest BCUT2D eigenvalue weighted by molar-refractivity contribution is 4.98. The number of aliphatic hydroxyl groups excluding tert-OH is 18. The third-order valence-corrected chi connectivity index (χ3v) is 12.4. The summed E-state index contributed by atoms with van der Waals surface area (Å²) in [6, 6.07) is 0. The lowest BCUT2D eigenvalue weighted by Gasteiger charge is -2.25. The third-order valence-electron chi connectivity index (χ3n) is 12.4. The van der Waals surface area contributed by atoms with Crippen molar-refractivity contribution in [2.75, 3.05) is 39.6 Å². The van der Waals surface area contributed by atoms with Gasteiger partial charge in [0.05, 0.1) is 39.6 Å². The van der Waals surface area contributed by atoms with Gasteiger partial charge in [0.15, 0.2) is 37.7 Å². The fourth-order valence-electron chi connectivity index (χ4n) is 8.49. The molecular formula is C36H60O30. The van der Waals surface area contributed by atoms with Gasteiger partial charge in [-0.25, -0.2) is 0 Å². The van der Waals surface area contributed by atoms with E-state index in [4.69, 9.17) is 56.8 Å². The van der Waals surface area contributed by atoms with E-state index in [0.717, 1.165) is 0 Å². The topological polar surface area (TPSA) is 475 Å². The lowest BCUT2D eigenvalue weighted by molar-refractivity contribution is -0.233. The molecule has 0 saturated carbocycles. The van der Waals surface area contributed by atoms with Gasteiger partial charge in [-0.2, -0.15) is 0 Å². The van der Waals surface area contributed by atoms with Crippen LogP contribution in [0.3, 0.4) is 0 Å². The lowest BCUT2D eigenvalue weighted by atomic mass is 10.1. The van der Waals surface area contributed by atoms with Crippen LogP contribution in [0.1, 0.15) is 0 Å². The summed E-state index contributed by atoms with van der Waals surface area (Å²) in [5, 5.41) is 192. The lowest BCUT2D eigenvalue weighted by Crippen LogP contribution is -2.43. The van der Waals surface area contributed by atoms with Crippen molar-refractivity contribution >= 4 is 0 Å². The quantitative estimate of drug-likeness (QED) is 0.107. The molecule has 7 heterocycles. The molecule has 30 nitrogen and oxygen atoms in total. The molecule has 0 aliphatic carbocycles. The van der Waals surface area contributed by atoms with Crippen molar-refractivity contribution < 1.29 is 149 Å². The van der Waals surface area contributed by atoms with Gasteiger partial charge in [0.1, 0.15) is 146 Å². The molecule has 18 N–H and O–H groups in total. The molecule has 7 rings (SSSR count). The van der Waals surface area contributed by atoms with Crippen LogP contribution >= 0.6 is 0 Å². The zero-order chi connectivity index (χ0) is 48.0. The van der Waals surface area contributed by atoms with Crippen molar-refractivity contribution in [2.24, 2.45) is 0 Å². The molecular weight excluding hydrogens is 912 g/mol. The molecule has 0 aromatic rings. The molecule has 7 fully saturated rings. The Morgan fingerprint density at radius 3 is 0.424 bits per heavy atom. The SMILES string of the molecule is O[C@@H]1[C@@H](O)[C@@H]2OC[C@@H](O)[C@@H]3O[C@@H](OC[C@@H](O)[C@@H]4O[C@@H](OC[C@@H](O)[C@@H]5O[C@@H](OC[C@@H](O)[C@@H]6O[C@@H](OC[C@@H](O)[C@@H]7O[C@@H](OC[C@@H](O)[C@@H]1O2)[C@H](O)[C@H]7O)[C@H](O)[C@H]6O)[C@H](O)[C@H]5O)[C@H](O)[C@H]4O)[C@H](O)[C@H]3O. The molecule has 30 atom stereocenters. The van der Waals surface area contributed by atoms with Gasteiger partial charge in [-0.15, -0.1) is 0 Å². The van der Waals surface area contributed by atoms with Crippen LogP contribution in [-0.4, -0.2) is 316 Å². The van der Waals surface area contributed by atoms with Crippen LogP contribution in [0.5, 0.6) is 0 Å². The Hall–Kier alpha value is -1.20. The fraction of sp³-hybridized carbons (Fsp3) is 1.00. The highest BCUT2D eigenvalue weighted by Gasteiger charge is 2.54. The zero-order valence-corrected chi connectivity index (χ0v) is 34.5. The van der Waals surface area contributed by atoms with Gasteiger partial charge in [0.25, 0.3) is 0 Å². The van der Waals surface area contributed by atoms with Crippen LogP contribution in [0.2, 0.25) is 0 Å². The summed E-state index contributed by atoms with van der Waals surface area (Å²) in [7, 11) is 0. The van der Waals surface area contributed by atoms with Crippen molar-refractivity contribution in [3.05, 3.63) is 0 Å². The molecule has 0 spiro atoms. The smallest absolute Gasteiger partial charge is 0.186 e. The van der Waals surface area contributed by atoms with E-state index in [1.165, 1.54) is 0 Å². The average Bonchev–Trinajstić information content (AvgIpc) is 4.08. The number of aliphatic hydroxyl groups is 18. The van der Waals surface area contributed by atoms with Crippen LogP contribution in [0.25, 0.3) is 0 Å². The van der Waals surface area contributed by atoms with Crippen LogP contribution in [0.4, 0.5) is 0 Å². The van der Waals surface area contributed by atoms with E-state index in [1.54, 1.807) is 0 Å². The first-order valence-electron chi connectivity index (χ1n) is 21.1. The van der Waals surface area contributed by atoms with Crippen molar-refractivity contribution in [3.8, 4) is 0 Å². The van der Waals surface area contributed by atoms with Gasteiger partial charge in [-0.1, -0.05) is 0 Å². The number of hydrogen-bond acceptors (Lipinski definition) is 30. The van der Waals surface area contributed by atoms with Crippen LogP contribution in [-0.2, 0) is 56.8 Å². The first-order chi connectivity index (χ1) is 31.2. The van der Waals surface area contributed by atoms with Crippen molar-refractivity contribution in [1.29, 1.82) is 0 Å². The summed E-state index contributed by atoms with van der Waals surface area (Å²) in [5.74, 6) is 0. The standard InChI is InChI=1S/C36H60O30/c37-7-1-55-31-19(49)14(44)26(62-31)8(38)2-57-33-21(51)16(46)28(64-33)10(40)4-59-35-23(53)18(48)30(66-35)12(42)6-60-36-24(54)17(47)29(65-36)11(41)5-58-34-22(52)15(45)27(63-34)9(39)3-56-32-20(50)13(43)25(7)61-32/h7-54H,1-6H2/t7-,8-,9-,10-,11-,12-,13-,14-,15-,16-,17-,18-,19-,20-,21-,22-,23-,24-,25+,26+,27+,28+,29+,30+,31-,32-,33-,34-,35-,36-/m1/s1. The first-order valence-corrected chi connectivity index (χ1v) is 21.1. The second kappa shape index (κ2) is 22.1. The summed E-state index contributed by atoms with van der Waals surface area (Å²) in [5.41, 5.74) is 0. The molecule has 7 aliphatic heterocycles. The second-order valence-electron chi connectivity index (χ2n) is 17.1. The van der Waals surface area contributed by atoms with Crippen LogP contribution in [0.15, 0.2) is 0 Å². The van der Waals surface area contributed by atoms with Gasteiger partial charge in [-0.05, 0) is 0 Å². The van der Waals surface area contributed by atoms with E-state index in [9.17, 15) is 91.9 Å². The predicted octanol–water partition coefficient (Wildman–Crippen LogP) is -13.1. The molecule has 384 valence electrons. The van der Waals surface area contributed by atoms with E-state index < -0.39 is 224 Å².